The fourth-order valence-corrected chi connectivity index (χ4v) is 1.51. The molecule has 0 amide bonds. The van der Waals surface area contributed by atoms with Crippen molar-refractivity contribution < 1.29 is 14.3 Å². The highest BCUT2D eigenvalue weighted by atomic mass is 79.9. The molecule has 1 aromatic carbocycles. The normalized spacial score (nSPS) is 10.2. The lowest BCUT2D eigenvalue weighted by atomic mass is 10.3. The van der Waals surface area contributed by atoms with E-state index in [2.05, 4.69) is 26.0 Å². The zero-order valence-corrected chi connectivity index (χ0v) is 10.6. The third-order valence-corrected chi connectivity index (χ3v) is 2.24. The maximum Gasteiger partial charge on any atom is 0.331 e. The standard InChI is InChI=1S/C11H12BrNO3/c1-15-10-6-8(12)5-9(7-10)13-4-3-11(14)16-2/h3-7,13H,1-2H3/b4-3+. The summed E-state index contributed by atoms with van der Waals surface area (Å²) in [4.78, 5) is 10.8. The van der Waals surface area contributed by atoms with Gasteiger partial charge in [0.1, 0.15) is 5.75 Å². The van der Waals surface area contributed by atoms with Gasteiger partial charge in [-0.25, -0.2) is 4.79 Å². The molecule has 0 saturated carbocycles. The predicted octanol–water partition coefficient (Wildman–Crippen LogP) is 2.56. The SMILES string of the molecule is COC(=O)/C=C/Nc1cc(Br)cc(OC)c1. The topological polar surface area (TPSA) is 47.6 Å². The molecule has 0 bridgehead atoms. The molecule has 1 N–H and O–H groups in total. The van der Waals surface area contributed by atoms with Gasteiger partial charge in [-0.05, 0) is 12.1 Å². The molecule has 1 aromatic rings. The molecule has 0 aliphatic carbocycles. The van der Waals surface area contributed by atoms with Crippen molar-refractivity contribution in [3.63, 3.8) is 0 Å². The van der Waals surface area contributed by atoms with Crippen LogP contribution < -0.4 is 10.1 Å². The Balaban J connectivity index is 2.70. The first-order valence-electron chi connectivity index (χ1n) is 4.51. The summed E-state index contributed by atoms with van der Waals surface area (Å²) in [6.45, 7) is 0. The Morgan fingerprint density at radius 2 is 2.12 bits per heavy atom. The molecule has 0 aliphatic rings. The average Bonchev–Trinajstić information content (AvgIpc) is 2.28. The number of carbonyl (C=O) groups excluding carboxylic acids is 1. The summed E-state index contributed by atoms with van der Waals surface area (Å²) in [5, 5.41) is 2.93. The van der Waals surface area contributed by atoms with Gasteiger partial charge >= 0.3 is 5.97 Å². The molecule has 0 heterocycles. The van der Waals surface area contributed by atoms with E-state index in [1.807, 2.05) is 18.2 Å². The second-order valence-corrected chi connectivity index (χ2v) is 3.80. The number of methoxy groups -OCH3 is 2. The lowest BCUT2D eigenvalue weighted by Crippen LogP contribution is -1.96. The fraction of sp³-hybridized carbons (Fsp3) is 0.182. The van der Waals surface area contributed by atoms with Crippen LogP contribution in [-0.2, 0) is 9.53 Å². The molecular formula is C11H12BrNO3. The second-order valence-electron chi connectivity index (χ2n) is 2.88. The van der Waals surface area contributed by atoms with Gasteiger partial charge in [0.25, 0.3) is 0 Å². The first-order valence-corrected chi connectivity index (χ1v) is 5.30. The van der Waals surface area contributed by atoms with Crippen LogP contribution in [0, 0.1) is 0 Å². The summed E-state index contributed by atoms with van der Waals surface area (Å²) in [7, 11) is 2.92. The van der Waals surface area contributed by atoms with E-state index in [0.717, 1.165) is 15.9 Å². The number of hydrogen-bond acceptors (Lipinski definition) is 4. The summed E-state index contributed by atoms with van der Waals surface area (Å²) < 4.78 is 10.4. The van der Waals surface area contributed by atoms with Crippen LogP contribution in [-0.4, -0.2) is 20.2 Å². The minimum atomic E-state index is -0.408. The highest BCUT2D eigenvalue weighted by molar-refractivity contribution is 9.10. The van der Waals surface area contributed by atoms with Crippen LogP contribution in [0.3, 0.4) is 0 Å². The van der Waals surface area contributed by atoms with Gasteiger partial charge in [0.15, 0.2) is 0 Å². The molecular weight excluding hydrogens is 274 g/mol. The van der Waals surface area contributed by atoms with E-state index in [1.54, 1.807) is 7.11 Å². The second kappa shape index (κ2) is 6.17. The summed E-state index contributed by atoms with van der Waals surface area (Å²) in [5.41, 5.74) is 0.811. The Bertz CT molecular complexity index is 404. The molecule has 0 atom stereocenters. The van der Waals surface area contributed by atoms with E-state index in [-0.39, 0.29) is 0 Å². The first kappa shape index (κ1) is 12.6. The molecule has 16 heavy (non-hydrogen) atoms. The van der Waals surface area contributed by atoms with Crippen LogP contribution in [0.1, 0.15) is 0 Å². The fourth-order valence-electron chi connectivity index (χ4n) is 1.04. The van der Waals surface area contributed by atoms with Gasteiger partial charge in [-0.1, -0.05) is 15.9 Å². The smallest absolute Gasteiger partial charge is 0.331 e. The Kier molecular flexibility index (Phi) is 4.85. The van der Waals surface area contributed by atoms with Crippen molar-refractivity contribution in [2.75, 3.05) is 19.5 Å². The molecule has 0 aromatic heterocycles. The van der Waals surface area contributed by atoms with Crippen LogP contribution >= 0.6 is 15.9 Å². The van der Waals surface area contributed by atoms with Gasteiger partial charge in [0.05, 0.1) is 14.2 Å². The Hall–Kier alpha value is -1.49. The number of hydrogen-bond donors (Lipinski definition) is 1. The average molecular weight is 286 g/mol. The summed E-state index contributed by atoms with van der Waals surface area (Å²) in [5.74, 6) is 0.317. The molecule has 86 valence electrons. The number of carbonyl (C=O) groups is 1. The molecule has 0 unspecified atom stereocenters. The monoisotopic (exact) mass is 285 g/mol. The van der Waals surface area contributed by atoms with Crippen molar-refractivity contribution in [3.8, 4) is 5.75 Å². The number of benzene rings is 1. The lowest BCUT2D eigenvalue weighted by Gasteiger charge is -2.05. The first-order chi connectivity index (χ1) is 7.65. The third-order valence-electron chi connectivity index (χ3n) is 1.78. The van der Waals surface area contributed by atoms with Crippen molar-refractivity contribution in [1.82, 2.24) is 0 Å². The van der Waals surface area contributed by atoms with Gasteiger partial charge in [-0.3, -0.25) is 0 Å². The van der Waals surface area contributed by atoms with Gasteiger partial charge < -0.3 is 14.8 Å². The minimum absolute atomic E-state index is 0.408. The Labute approximate surface area is 102 Å². The largest absolute Gasteiger partial charge is 0.497 e. The molecule has 0 aliphatic heterocycles. The lowest BCUT2D eigenvalue weighted by molar-refractivity contribution is -0.134. The highest BCUT2D eigenvalue weighted by Crippen LogP contribution is 2.24. The van der Waals surface area contributed by atoms with Gasteiger partial charge in [0.2, 0.25) is 0 Å². The Morgan fingerprint density at radius 1 is 1.38 bits per heavy atom. The van der Waals surface area contributed by atoms with Gasteiger partial charge in [-0.15, -0.1) is 0 Å². The van der Waals surface area contributed by atoms with Crippen LogP contribution in [0.4, 0.5) is 5.69 Å². The van der Waals surface area contributed by atoms with Gasteiger partial charge in [-0.2, -0.15) is 0 Å². The molecule has 0 radical (unpaired) electrons. The molecule has 0 spiro atoms. The van der Waals surface area contributed by atoms with Crippen LogP contribution in [0.5, 0.6) is 5.75 Å². The van der Waals surface area contributed by atoms with E-state index >= 15 is 0 Å². The van der Waals surface area contributed by atoms with E-state index in [1.165, 1.54) is 19.4 Å². The number of rotatable bonds is 4. The van der Waals surface area contributed by atoms with Crippen molar-refractivity contribution in [1.29, 1.82) is 0 Å². The molecule has 4 nitrogen and oxygen atoms in total. The van der Waals surface area contributed by atoms with E-state index in [4.69, 9.17) is 4.74 Å². The summed E-state index contributed by atoms with van der Waals surface area (Å²) >= 11 is 3.35. The van der Waals surface area contributed by atoms with Crippen molar-refractivity contribution >= 4 is 27.6 Å². The van der Waals surface area contributed by atoms with Crippen molar-refractivity contribution in [2.24, 2.45) is 0 Å². The van der Waals surface area contributed by atoms with E-state index in [9.17, 15) is 4.79 Å². The molecule has 5 heteroatoms. The molecule has 0 fully saturated rings. The summed E-state index contributed by atoms with van der Waals surface area (Å²) in [6, 6.07) is 5.52. The van der Waals surface area contributed by atoms with Crippen molar-refractivity contribution in [3.05, 3.63) is 34.9 Å². The zero-order valence-electron chi connectivity index (χ0n) is 8.99. The number of nitrogens with one attached hydrogen (secondary N) is 1. The minimum Gasteiger partial charge on any atom is -0.497 e. The number of anilines is 1. The van der Waals surface area contributed by atoms with Gasteiger partial charge in [0, 0.05) is 28.5 Å². The highest BCUT2D eigenvalue weighted by Gasteiger charge is 1.98. The number of halogens is 1. The molecule has 1 rings (SSSR count). The predicted molar refractivity (Wildman–Crippen MR) is 65.5 cm³/mol. The van der Waals surface area contributed by atoms with Crippen LogP contribution in [0.15, 0.2) is 34.9 Å². The summed E-state index contributed by atoms with van der Waals surface area (Å²) in [6.07, 6.45) is 2.81. The van der Waals surface area contributed by atoms with E-state index in [0.29, 0.717) is 0 Å². The van der Waals surface area contributed by atoms with Crippen molar-refractivity contribution in [2.45, 2.75) is 0 Å². The quantitative estimate of drug-likeness (QED) is 0.682. The zero-order chi connectivity index (χ0) is 12.0. The molecule has 0 saturated heterocycles. The number of ether oxygens (including phenoxy) is 2. The van der Waals surface area contributed by atoms with Crippen LogP contribution in [0.25, 0.3) is 0 Å². The maximum absolute atomic E-state index is 10.8. The van der Waals surface area contributed by atoms with E-state index < -0.39 is 5.97 Å². The Morgan fingerprint density at radius 3 is 2.75 bits per heavy atom. The third kappa shape index (κ3) is 3.94. The van der Waals surface area contributed by atoms with Crippen LogP contribution in [0.2, 0.25) is 0 Å². The maximum atomic E-state index is 10.8. The number of esters is 1.